The summed E-state index contributed by atoms with van der Waals surface area (Å²) in [6.07, 6.45) is 3.33. The van der Waals surface area contributed by atoms with Crippen LogP contribution in [0, 0.1) is 10.1 Å². The Kier molecular flexibility index (Phi) is 11.1. The minimum atomic E-state index is -3.66. The van der Waals surface area contributed by atoms with Gasteiger partial charge in [0.1, 0.15) is 5.56 Å². The van der Waals surface area contributed by atoms with Gasteiger partial charge in [0, 0.05) is 63.0 Å². The summed E-state index contributed by atoms with van der Waals surface area (Å²) in [5, 5.41) is 12.4. The highest BCUT2D eigenvalue weighted by Crippen LogP contribution is 2.33. The quantitative estimate of drug-likeness (QED) is 0.154. The van der Waals surface area contributed by atoms with Gasteiger partial charge in [-0.2, -0.15) is 8.42 Å². The van der Waals surface area contributed by atoms with Gasteiger partial charge >= 0.3 is 0 Å². The van der Waals surface area contributed by atoms with E-state index in [1.807, 2.05) is 0 Å². The zero-order valence-corrected chi connectivity index (χ0v) is 23.7. The molecule has 1 aromatic rings. The number of benzene rings is 1. The number of halogens is 1. The third-order valence-corrected chi connectivity index (χ3v) is 7.88. The first-order valence-corrected chi connectivity index (χ1v) is 15.7. The van der Waals surface area contributed by atoms with Crippen molar-refractivity contribution in [3.63, 3.8) is 0 Å². The SMILES string of the molecule is CCC(C)N1CCN(C(=O)c2cc(N(CCBr)CCOS(C)(=O)=O)c(S(C)=O)cc2[N+](=O)[O-])CC1. The number of piperazine rings is 1. The van der Waals surface area contributed by atoms with Crippen molar-refractivity contribution >= 4 is 54.1 Å². The lowest BCUT2D eigenvalue weighted by atomic mass is 10.1. The topological polar surface area (TPSA) is 130 Å². The number of alkyl halides is 1. The molecular formula is C21H33BrN4O7S2. The molecule has 1 amide bonds. The third kappa shape index (κ3) is 8.20. The molecule has 0 N–H and O–H groups in total. The van der Waals surface area contributed by atoms with Crippen LogP contribution in [0.4, 0.5) is 11.4 Å². The van der Waals surface area contributed by atoms with E-state index in [0.717, 1.165) is 12.7 Å². The summed E-state index contributed by atoms with van der Waals surface area (Å²) in [7, 11) is -5.27. The number of hydrogen-bond donors (Lipinski definition) is 0. The van der Waals surface area contributed by atoms with E-state index in [2.05, 4.69) is 34.7 Å². The first-order valence-electron chi connectivity index (χ1n) is 11.2. The highest BCUT2D eigenvalue weighted by atomic mass is 79.9. The predicted octanol–water partition coefficient (Wildman–Crippen LogP) is 2.07. The van der Waals surface area contributed by atoms with Crippen molar-refractivity contribution in [3.05, 3.63) is 27.8 Å². The number of carbonyl (C=O) groups excluding carboxylic acids is 1. The van der Waals surface area contributed by atoms with Gasteiger partial charge in [0.15, 0.2) is 0 Å². The average molecular weight is 598 g/mol. The maximum atomic E-state index is 13.4. The molecule has 0 aliphatic carbocycles. The van der Waals surface area contributed by atoms with Crippen molar-refractivity contribution < 1.29 is 26.5 Å². The lowest BCUT2D eigenvalue weighted by Gasteiger charge is -2.38. The highest BCUT2D eigenvalue weighted by molar-refractivity contribution is 9.09. The fraction of sp³-hybridized carbons (Fsp3) is 0.667. The number of amides is 1. The highest BCUT2D eigenvalue weighted by Gasteiger charge is 2.31. The third-order valence-electron chi connectivity index (χ3n) is 5.98. The van der Waals surface area contributed by atoms with E-state index < -0.39 is 37.4 Å². The molecule has 2 atom stereocenters. The van der Waals surface area contributed by atoms with Crippen molar-refractivity contribution in [2.24, 2.45) is 0 Å². The molecule has 11 nitrogen and oxygen atoms in total. The van der Waals surface area contributed by atoms with E-state index in [9.17, 15) is 27.5 Å². The minimum absolute atomic E-state index is 0.0835. The van der Waals surface area contributed by atoms with Gasteiger partial charge in [0.2, 0.25) is 0 Å². The zero-order chi connectivity index (χ0) is 26.3. The Morgan fingerprint density at radius 2 is 1.91 bits per heavy atom. The van der Waals surface area contributed by atoms with Crippen LogP contribution in [0.25, 0.3) is 0 Å². The number of rotatable bonds is 12. The molecule has 0 aromatic heterocycles. The van der Waals surface area contributed by atoms with E-state index in [-0.39, 0.29) is 23.6 Å². The zero-order valence-electron chi connectivity index (χ0n) is 20.4. The fourth-order valence-electron chi connectivity index (χ4n) is 3.91. The van der Waals surface area contributed by atoms with Crippen LogP contribution < -0.4 is 4.90 Å². The molecular weight excluding hydrogens is 564 g/mol. The maximum absolute atomic E-state index is 13.4. The number of nitro benzene ring substituents is 1. The summed E-state index contributed by atoms with van der Waals surface area (Å²) >= 11 is 3.35. The number of anilines is 1. The van der Waals surface area contributed by atoms with Crippen LogP contribution in [0.15, 0.2) is 17.0 Å². The molecule has 0 bridgehead atoms. The average Bonchev–Trinajstić information content (AvgIpc) is 2.80. The van der Waals surface area contributed by atoms with E-state index in [1.165, 1.54) is 18.4 Å². The van der Waals surface area contributed by atoms with Crippen LogP contribution >= 0.6 is 15.9 Å². The Morgan fingerprint density at radius 3 is 2.40 bits per heavy atom. The lowest BCUT2D eigenvalue weighted by Crippen LogP contribution is -2.51. The molecule has 1 saturated heterocycles. The lowest BCUT2D eigenvalue weighted by molar-refractivity contribution is -0.385. The predicted molar refractivity (Wildman–Crippen MR) is 139 cm³/mol. The number of carbonyl (C=O) groups is 1. The fourth-order valence-corrected chi connectivity index (χ4v) is 5.47. The van der Waals surface area contributed by atoms with Gasteiger partial charge in [-0.1, -0.05) is 22.9 Å². The van der Waals surface area contributed by atoms with Crippen molar-refractivity contribution in [1.82, 2.24) is 9.80 Å². The van der Waals surface area contributed by atoms with Gasteiger partial charge in [-0.3, -0.25) is 28.2 Å². The second kappa shape index (κ2) is 13.1. The summed E-state index contributed by atoms with van der Waals surface area (Å²) in [5.41, 5.74) is -0.117. The summed E-state index contributed by atoms with van der Waals surface area (Å²) in [4.78, 5) is 30.5. The molecule has 0 spiro atoms. The Balaban J connectivity index is 2.45. The van der Waals surface area contributed by atoms with Gasteiger partial charge in [0.25, 0.3) is 21.7 Å². The molecule has 2 unspecified atom stereocenters. The Bertz CT molecular complexity index is 1050. The first kappa shape index (κ1) is 29.6. The first-order chi connectivity index (χ1) is 16.4. The summed E-state index contributed by atoms with van der Waals surface area (Å²) < 4.78 is 40.1. The Morgan fingerprint density at radius 1 is 1.29 bits per heavy atom. The molecule has 2 rings (SSSR count). The van der Waals surface area contributed by atoms with Crippen molar-refractivity contribution in [3.8, 4) is 0 Å². The molecule has 1 fully saturated rings. The molecule has 1 heterocycles. The number of nitro groups is 1. The largest absolute Gasteiger partial charge is 0.367 e. The Hall–Kier alpha value is -1.61. The molecule has 35 heavy (non-hydrogen) atoms. The monoisotopic (exact) mass is 596 g/mol. The molecule has 0 radical (unpaired) electrons. The van der Waals surface area contributed by atoms with Gasteiger partial charge in [0.05, 0.1) is 39.2 Å². The second-order valence-corrected chi connectivity index (χ2v) is 12.1. The Labute approximate surface area is 217 Å². The van der Waals surface area contributed by atoms with Crippen LogP contribution in [0.1, 0.15) is 30.6 Å². The van der Waals surface area contributed by atoms with Gasteiger partial charge < -0.3 is 9.80 Å². The van der Waals surface area contributed by atoms with E-state index >= 15 is 0 Å². The van der Waals surface area contributed by atoms with Gasteiger partial charge in [-0.15, -0.1) is 0 Å². The van der Waals surface area contributed by atoms with Crippen molar-refractivity contribution in [1.29, 1.82) is 0 Å². The summed E-state index contributed by atoms with van der Waals surface area (Å²) in [6.45, 7) is 6.80. The van der Waals surface area contributed by atoms with E-state index in [1.54, 1.807) is 9.80 Å². The summed E-state index contributed by atoms with van der Waals surface area (Å²) in [6, 6.07) is 2.98. The van der Waals surface area contributed by atoms with E-state index in [4.69, 9.17) is 4.18 Å². The normalized spacial score (nSPS) is 16.7. The van der Waals surface area contributed by atoms with Crippen LogP contribution in [0.5, 0.6) is 0 Å². The van der Waals surface area contributed by atoms with Crippen molar-refractivity contribution in [2.45, 2.75) is 31.2 Å². The molecule has 1 aliphatic rings. The number of hydrogen-bond acceptors (Lipinski definition) is 9. The molecule has 1 aliphatic heterocycles. The van der Waals surface area contributed by atoms with Gasteiger partial charge in [-0.05, 0) is 19.4 Å². The van der Waals surface area contributed by atoms with Crippen LogP contribution in [0.2, 0.25) is 0 Å². The van der Waals surface area contributed by atoms with Crippen molar-refractivity contribution in [2.75, 3.05) is 68.6 Å². The van der Waals surface area contributed by atoms with Crippen LogP contribution in [-0.2, 0) is 25.1 Å². The van der Waals surface area contributed by atoms with E-state index in [0.29, 0.717) is 49.8 Å². The standard InChI is InChI=1S/C21H33BrN4O7S2/c1-5-16(2)23-8-10-25(11-9-23)21(27)17-14-19(20(34(3)30)15-18(17)26(28)29)24(7-6-22)12-13-33-35(4,31)32/h14-16H,5-13H2,1-4H3. The maximum Gasteiger partial charge on any atom is 0.283 e. The molecule has 0 saturated carbocycles. The molecule has 1 aromatic carbocycles. The molecule has 14 heteroatoms. The smallest absolute Gasteiger partial charge is 0.283 e. The van der Waals surface area contributed by atoms with Crippen LogP contribution in [0.3, 0.4) is 0 Å². The second-order valence-electron chi connectivity index (χ2n) is 8.34. The minimum Gasteiger partial charge on any atom is -0.367 e. The van der Waals surface area contributed by atoms with Gasteiger partial charge in [-0.25, -0.2) is 0 Å². The summed E-state index contributed by atoms with van der Waals surface area (Å²) in [5.74, 6) is -0.457. The van der Waals surface area contributed by atoms with Crippen LogP contribution in [-0.4, -0.2) is 103 Å². The molecule has 198 valence electrons. The number of nitrogens with zero attached hydrogens (tertiary/aromatic N) is 4.